The molecule has 2 amide bonds. The molecule has 1 aromatic carbocycles. The highest BCUT2D eigenvalue weighted by Gasteiger charge is 2.37. The summed E-state index contributed by atoms with van der Waals surface area (Å²) in [6, 6.07) is 3.92. The number of ether oxygens (including phenoxy) is 1. The molecule has 0 saturated heterocycles. The van der Waals surface area contributed by atoms with Crippen molar-refractivity contribution in [1.29, 1.82) is 0 Å². The highest BCUT2D eigenvalue weighted by Crippen LogP contribution is 2.49. The summed E-state index contributed by atoms with van der Waals surface area (Å²) < 4.78 is 19.6. The first-order chi connectivity index (χ1) is 16.3. The summed E-state index contributed by atoms with van der Waals surface area (Å²) in [5.74, 6) is -0.502. The number of nitrogens with one attached hydrogen (secondary N) is 2. The van der Waals surface area contributed by atoms with Gasteiger partial charge in [0.2, 0.25) is 5.91 Å². The third-order valence-corrected chi connectivity index (χ3v) is 8.23. The SMILES string of the molecule is COCCNCCC(=O)Nc1sc2c(c1-c1nc3cc(F)ccc3s1)CC(C)N(C(=O)O)C2C. The summed E-state index contributed by atoms with van der Waals surface area (Å²) in [7, 11) is 1.62. The first kappa shape index (κ1) is 24.5. The molecule has 2 atom stereocenters. The standard InChI is InChI=1S/C23H27FN4O4S2/c1-12-10-15-19(21-26-16-11-14(24)4-5-17(16)33-21)22(27-18(29)6-7-25-8-9-32-3)34-20(15)13(2)28(12)23(30)31/h4-5,11-13,25H,6-10H2,1-3H3,(H,27,29)(H,30,31). The number of thiazole rings is 1. The molecule has 34 heavy (non-hydrogen) atoms. The molecule has 4 rings (SSSR count). The van der Waals surface area contributed by atoms with Gasteiger partial charge in [0.25, 0.3) is 0 Å². The molecule has 0 spiro atoms. The number of carbonyl (C=O) groups excluding carboxylic acids is 1. The number of hydrogen-bond acceptors (Lipinski definition) is 7. The highest BCUT2D eigenvalue weighted by atomic mass is 32.1. The fourth-order valence-electron chi connectivity index (χ4n) is 4.29. The Morgan fingerprint density at radius 3 is 2.82 bits per heavy atom. The normalized spacial score (nSPS) is 17.7. The van der Waals surface area contributed by atoms with E-state index in [0.29, 0.717) is 41.6 Å². The van der Waals surface area contributed by atoms with Crippen LogP contribution in [-0.4, -0.2) is 59.8 Å². The van der Waals surface area contributed by atoms with Gasteiger partial charge in [-0.15, -0.1) is 22.7 Å². The lowest BCUT2D eigenvalue weighted by Crippen LogP contribution is -2.43. The highest BCUT2D eigenvalue weighted by molar-refractivity contribution is 7.23. The summed E-state index contributed by atoms with van der Waals surface area (Å²) in [6.45, 7) is 5.48. The number of rotatable bonds is 8. The predicted octanol–water partition coefficient (Wildman–Crippen LogP) is 4.71. The van der Waals surface area contributed by atoms with Crippen LogP contribution in [0, 0.1) is 5.82 Å². The van der Waals surface area contributed by atoms with Crippen LogP contribution in [0.4, 0.5) is 14.2 Å². The lowest BCUT2D eigenvalue weighted by Gasteiger charge is -2.36. The van der Waals surface area contributed by atoms with Gasteiger partial charge in [0.15, 0.2) is 0 Å². The van der Waals surface area contributed by atoms with Gasteiger partial charge >= 0.3 is 6.09 Å². The van der Waals surface area contributed by atoms with Crippen LogP contribution in [0.1, 0.15) is 36.8 Å². The zero-order chi connectivity index (χ0) is 24.4. The Bertz CT molecular complexity index is 1210. The molecular formula is C23H27FN4O4S2. The lowest BCUT2D eigenvalue weighted by molar-refractivity contribution is -0.116. The van der Waals surface area contributed by atoms with E-state index in [1.807, 2.05) is 13.8 Å². The quantitative estimate of drug-likeness (QED) is 0.382. The number of benzene rings is 1. The fraction of sp³-hybridized carbons (Fsp3) is 0.435. The van der Waals surface area contributed by atoms with Crippen molar-refractivity contribution in [2.45, 2.75) is 38.8 Å². The van der Waals surface area contributed by atoms with Crippen molar-refractivity contribution in [3.8, 4) is 10.6 Å². The molecular weight excluding hydrogens is 479 g/mol. The average Bonchev–Trinajstić information content (AvgIpc) is 3.33. The van der Waals surface area contributed by atoms with Gasteiger partial charge in [-0.1, -0.05) is 0 Å². The number of halogens is 1. The number of fused-ring (bicyclic) bond motifs is 2. The predicted molar refractivity (Wildman–Crippen MR) is 132 cm³/mol. The van der Waals surface area contributed by atoms with E-state index in [9.17, 15) is 19.1 Å². The number of thiophene rings is 1. The van der Waals surface area contributed by atoms with Crippen LogP contribution in [-0.2, 0) is 16.0 Å². The van der Waals surface area contributed by atoms with E-state index in [1.54, 1.807) is 13.2 Å². The summed E-state index contributed by atoms with van der Waals surface area (Å²) in [4.78, 5) is 31.6. The van der Waals surface area contributed by atoms with E-state index < -0.39 is 6.09 Å². The molecule has 3 N–H and O–H groups in total. The van der Waals surface area contributed by atoms with Gasteiger partial charge < -0.3 is 20.5 Å². The van der Waals surface area contributed by atoms with E-state index in [-0.39, 0.29) is 30.2 Å². The molecule has 0 fully saturated rings. The molecule has 1 aliphatic rings. The van der Waals surface area contributed by atoms with Crippen LogP contribution in [0.2, 0.25) is 0 Å². The molecule has 0 bridgehead atoms. The Kier molecular flexibility index (Phi) is 7.46. The second-order valence-corrected chi connectivity index (χ2v) is 10.3. The van der Waals surface area contributed by atoms with E-state index in [1.165, 1.54) is 39.7 Å². The number of aromatic nitrogens is 1. The molecule has 182 valence electrons. The Morgan fingerprint density at radius 1 is 1.29 bits per heavy atom. The smallest absolute Gasteiger partial charge is 0.408 e. The molecule has 0 aliphatic carbocycles. The minimum Gasteiger partial charge on any atom is -0.465 e. The monoisotopic (exact) mass is 506 g/mol. The number of amides is 2. The molecule has 2 unspecified atom stereocenters. The first-order valence-electron chi connectivity index (χ1n) is 11.0. The van der Waals surface area contributed by atoms with E-state index >= 15 is 0 Å². The van der Waals surface area contributed by atoms with Crippen molar-refractivity contribution in [1.82, 2.24) is 15.2 Å². The third-order valence-electron chi connectivity index (χ3n) is 5.86. The molecule has 8 nitrogen and oxygen atoms in total. The number of methoxy groups -OCH3 is 1. The lowest BCUT2D eigenvalue weighted by atomic mass is 9.93. The van der Waals surface area contributed by atoms with E-state index in [4.69, 9.17) is 4.74 Å². The van der Waals surface area contributed by atoms with Crippen molar-refractivity contribution in [3.63, 3.8) is 0 Å². The minimum absolute atomic E-state index is 0.146. The number of carbonyl (C=O) groups is 2. The minimum atomic E-state index is -0.969. The van der Waals surface area contributed by atoms with Crippen LogP contribution < -0.4 is 10.6 Å². The van der Waals surface area contributed by atoms with Crippen LogP contribution >= 0.6 is 22.7 Å². The number of anilines is 1. The largest absolute Gasteiger partial charge is 0.465 e. The first-order valence-corrected chi connectivity index (χ1v) is 12.7. The van der Waals surface area contributed by atoms with E-state index in [2.05, 4.69) is 15.6 Å². The van der Waals surface area contributed by atoms with Gasteiger partial charge in [-0.2, -0.15) is 0 Å². The molecule has 2 aromatic heterocycles. The summed E-state index contributed by atoms with van der Waals surface area (Å²) >= 11 is 2.83. The summed E-state index contributed by atoms with van der Waals surface area (Å²) in [6.07, 6.45) is -0.177. The summed E-state index contributed by atoms with van der Waals surface area (Å²) in [5.41, 5.74) is 2.37. The van der Waals surface area contributed by atoms with Crippen molar-refractivity contribution >= 4 is 49.9 Å². The second kappa shape index (κ2) is 10.3. The molecule has 11 heteroatoms. The molecule has 3 aromatic rings. The van der Waals surface area contributed by atoms with Crippen molar-refractivity contribution < 1.29 is 23.8 Å². The maximum Gasteiger partial charge on any atom is 0.408 e. The Morgan fingerprint density at radius 2 is 2.09 bits per heavy atom. The Balaban J connectivity index is 1.70. The fourth-order valence-corrected chi connectivity index (χ4v) is 6.68. The summed E-state index contributed by atoms with van der Waals surface area (Å²) in [5, 5.41) is 17.2. The van der Waals surface area contributed by atoms with Gasteiger partial charge in [0.05, 0.1) is 22.9 Å². The zero-order valence-electron chi connectivity index (χ0n) is 19.2. The Hall–Kier alpha value is -2.60. The molecule has 0 saturated carbocycles. The van der Waals surface area contributed by atoms with Crippen LogP contribution in [0.25, 0.3) is 20.8 Å². The van der Waals surface area contributed by atoms with Gasteiger partial charge in [-0.05, 0) is 38.0 Å². The Labute approximate surface area is 204 Å². The number of carboxylic acid groups (broad SMARTS) is 1. The third kappa shape index (κ3) is 4.92. The molecule has 1 aliphatic heterocycles. The van der Waals surface area contributed by atoms with Gasteiger partial charge in [0, 0.05) is 49.2 Å². The van der Waals surface area contributed by atoms with Crippen molar-refractivity contribution in [2.24, 2.45) is 0 Å². The topological polar surface area (TPSA) is 104 Å². The van der Waals surface area contributed by atoms with Gasteiger partial charge in [0.1, 0.15) is 15.8 Å². The maximum atomic E-state index is 13.8. The number of hydrogen-bond donors (Lipinski definition) is 3. The van der Waals surface area contributed by atoms with Crippen LogP contribution in [0.3, 0.4) is 0 Å². The average molecular weight is 507 g/mol. The van der Waals surface area contributed by atoms with Crippen LogP contribution in [0.5, 0.6) is 0 Å². The van der Waals surface area contributed by atoms with Gasteiger partial charge in [-0.25, -0.2) is 14.2 Å². The maximum absolute atomic E-state index is 13.8. The molecule has 0 radical (unpaired) electrons. The van der Waals surface area contributed by atoms with Gasteiger partial charge in [-0.3, -0.25) is 9.69 Å². The molecule has 3 heterocycles. The number of nitrogens with zero attached hydrogens (tertiary/aromatic N) is 2. The van der Waals surface area contributed by atoms with Crippen molar-refractivity contribution in [3.05, 3.63) is 34.5 Å². The van der Waals surface area contributed by atoms with Crippen LogP contribution in [0.15, 0.2) is 18.2 Å². The van der Waals surface area contributed by atoms with Crippen molar-refractivity contribution in [2.75, 3.05) is 32.1 Å². The van der Waals surface area contributed by atoms with E-state index in [0.717, 1.165) is 20.7 Å². The zero-order valence-corrected chi connectivity index (χ0v) is 20.8. The second-order valence-electron chi connectivity index (χ2n) is 8.24.